The summed E-state index contributed by atoms with van der Waals surface area (Å²) >= 11 is 0. The maximum atomic E-state index is 9.22. The fraction of sp³-hybridized carbons (Fsp3) is 0.625. The van der Waals surface area contributed by atoms with E-state index in [1.54, 1.807) is 0 Å². The molecule has 0 spiro atoms. The lowest BCUT2D eigenvalue weighted by molar-refractivity contribution is 0.162. The summed E-state index contributed by atoms with van der Waals surface area (Å²) < 4.78 is 4.83. The van der Waals surface area contributed by atoms with Gasteiger partial charge in [-0.25, -0.2) is 9.79 Å². The van der Waals surface area contributed by atoms with Crippen molar-refractivity contribution in [1.29, 1.82) is 0 Å². The van der Waals surface area contributed by atoms with Gasteiger partial charge in [-0.2, -0.15) is 0 Å². The number of aliphatic imine (C=N–C) groups is 1. The second-order valence-corrected chi connectivity index (χ2v) is 1.50. The fourth-order valence-electron chi connectivity index (χ4n) is 0.306. The van der Waals surface area contributed by atoms with Gasteiger partial charge in [-0.3, -0.25) is 0 Å². The minimum atomic E-state index is 0.378. The summed E-state index contributed by atoms with van der Waals surface area (Å²) in [5.41, 5.74) is 0. The van der Waals surface area contributed by atoms with Gasteiger partial charge in [-0.15, -0.1) is 6.58 Å². The Hall–Kier alpha value is -0.920. The van der Waals surface area contributed by atoms with Crippen molar-refractivity contribution in [2.45, 2.75) is 13.8 Å². The van der Waals surface area contributed by atoms with E-state index in [9.17, 15) is 4.79 Å². The van der Waals surface area contributed by atoms with E-state index < -0.39 is 0 Å². The van der Waals surface area contributed by atoms with E-state index in [-0.39, 0.29) is 0 Å². The molecule has 0 heterocycles. The number of nitrogens with zero attached hydrogens (tertiary/aromatic N) is 1. The smallest absolute Gasteiger partial charge is 0.235 e. The predicted molar refractivity (Wildman–Crippen MR) is 45.4 cm³/mol. The van der Waals surface area contributed by atoms with Gasteiger partial charge in [-0.1, -0.05) is 6.08 Å². The van der Waals surface area contributed by atoms with Crippen LogP contribution in [0, 0.1) is 0 Å². The molecule has 0 rings (SSSR count). The number of ether oxygens (including phenoxy) is 1. The lowest BCUT2D eigenvalue weighted by atomic mass is 10.7. The molecule has 3 heteroatoms. The van der Waals surface area contributed by atoms with Crippen molar-refractivity contribution in [3.63, 3.8) is 0 Å². The number of hydrogen-bond acceptors (Lipinski definition) is 3. The minimum absolute atomic E-state index is 0.378. The van der Waals surface area contributed by atoms with Crippen molar-refractivity contribution >= 4 is 6.08 Å². The first-order chi connectivity index (χ1) is 5.33. The highest BCUT2D eigenvalue weighted by molar-refractivity contribution is 5.33. The summed E-state index contributed by atoms with van der Waals surface area (Å²) in [4.78, 5) is 12.4. The average Bonchev–Trinajstić information content (AvgIpc) is 2.04. The van der Waals surface area contributed by atoms with Gasteiger partial charge in [-0.05, 0) is 13.8 Å². The molecule has 0 saturated heterocycles. The minimum Gasteiger partial charge on any atom is -0.382 e. The van der Waals surface area contributed by atoms with Crippen LogP contribution in [0.2, 0.25) is 0 Å². The zero-order chi connectivity index (χ0) is 8.95. The van der Waals surface area contributed by atoms with E-state index in [1.165, 1.54) is 12.2 Å². The summed E-state index contributed by atoms with van der Waals surface area (Å²) in [6.07, 6.45) is 2.90. The van der Waals surface area contributed by atoms with Crippen LogP contribution in [0.15, 0.2) is 17.6 Å². The number of hydrogen-bond donors (Lipinski definition) is 0. The molecule has 0 saturated carbocycles. The van der Waals surface area contributed by atoms with Crippen LogP contribution in [-0.2, 0) is 9.53 Å². The molecular weight excluding hydrogens is 142 g/mol. The largest absolute Gasteiger partial charge is 0.382 e. The summed E-state index contributed by atoms with van der Waals surface area (Å²) in [7, 11) is 0. The van der Waals surface area contributed by atoms with Crippen LogP contribution in [0.3, 0.4) is 0 Å². The Morgan fingerprint density at radius 2 is 2.09 bits per heavy atom. The second kappa shape index (κ2) is 16.0. The molecule has 0 aliphatic rings. The number of carbonyl (C=O) groups excluding carboxylic acids is 1. The molecule has 0 aromatic carbocycles. The van der Waals surface area contributed by atoms with Gasteiger partial charge in [0.1, 0.15) is 0 Å². The lowest BCUT2D eigenvalue weighted by Crippen LogP contribution is -1.84. The molecule has 0 aliphatic heterocycles. The molecule has 0 aromatic heterocycles. The van der Waals surface area contributed by atoms with Crippen LogP contribution in [0.4, 0.5) is 0 Å². The molecule has 0 unspecified atom stereocenters. The lowest BCUT2D eigenvalue weighted by Gasteiger charge is -1.86. The van der Waals surface area contributed by atoms with E-state index in [0.717, 1.165) is 13.2 Å². The molecule has 0 atom stereocenters. The fourth-order valence-corrected chi connectivity index (χ4v) is 0.306. The molecule has 0 bridgehead atoms. The first kappa shape index (κ1) is 12.7. The van der Waals surface area contributed by atoms with Crippen molar-refractivity contribution in [2.75, 3.05) is 19.8 Å². The molecule has 0 N–H and O–H groups in total. The first-order valence-corrected chi connectivity index (χ1v) is 3.55. The van der Waals surface area contributed by atoms with Crippen LogP contribution in [-0.4, -0.2) is 25.8 Å². The number of rotatable bonds is 4. The summed E-state index contributed by atoms with van der Waals surface area (Å²) in [5, 5.41) is 0. The Labute approximate surface area is 67.8 Å². The van der Waals surface area contributed by atoms with E-state index in [2.05, 4.69) is 11.6 Å². The van der Waals surface area contributed by atoms with Gasteiger partial charge in [0.25, 0.3) is 0 Å². The third kappa shape index (κ3) is 27.3. The van der Waals surface area contributed by atoms with Crippen molar-refractivity contribution in [3.8, 4) is 0 Å². The Balaban J connectivity index is 0. The van der Waals surface area contributed by atoms with Crippen LogP contribution in [0.1, 0.15) is 13.8 Å². The van der Waals surface area contributed by atoms with Gasteiger partial charge in [0.05, 0.1) is 6.54 Å². The summed E-state index contributed by atoms with van der Waals surface area (Å²) in [6, 6.07) is 0. The zero-order valence-electron chi connectivity index (χ0n) is 7.17. The number of isocyanates is 1. The molecule has 0 aromatic rings. The van der Waals surface area contributed by atoms with Crippen molar-refractivity contribution < 1.29 is 9.53 Å². The molecule has 0 fully saturated rings. The SMILES string of the molecule is C=CCN=C=O.CCOCC. The van der Waals surface area contributed by atoms with Crippen molar-refractivity contribution in [3.05, 3.63) is 12.7 Å². The maximum absolute atomic E-state index is 9.22. The zero-order valence-corrected chi connectivity index (χ0v) is 7.17. The molecule has 0 radical (unpaired) electrons. The molecule has 0 aliphatic carbocycles. The van der Waals surface area contributed by atoms with E-state index in [0.29, 0.717) is 6.54 Å². The predicted octanol–water partition coefficient (Wildman–Crippen LogP) is 1.55. The van der Waals surface area contributed by atoms with Gasteiger partial charge in [0.2, 0.25) is 6.08 Å². The normalized spacial score (nSPS) is 7.09. The van der Waals surface area contributed by atoms with Crippen molar-refractivity contribution in [1.82, 2.24) is 0 Å². The van der Waals surface area contributed by atoms with Gasteiger partial charge >= 0.3 is 0 Å². The summed E-state index contributed by atoms with van der Waals surface area (Å²) in [5.74, 6) is 0. The quantitative estimate of drug-likeness (QED) is 0.353. The van der Waals surface area contributed by atoms with Gasteiger partial charge < -0.3 is 4.74 Å². The Kier molecular flexibility index (Phi) is 18.6. The average molecular weight is 157 g/mol. The third-order valence-electron chi connectivity index (χ3n) is 0.693. The van der Waals surface area contributed by atoms with Gasteiger partial charge in [0, 0.05) is 13.2 Å². The van der Waals surface area contributed by atoms with Crippen molar-refractivity contribution in [2.24, 2.45) is 4.99 Å². The maximum Gasteiger partial charge on any atom is 0.235 e. The summed E-state index contributed by atoms with van der Waals surface area (Å²) in [6.45, 7) is 9.37. The van der Waals surface area contributed by atoms with E-state index in [1.807, 2.05) is 13.8 Å². The topological polar surface area (TPSA) is 38.7 Å². The molecule has 0 amide bonds. The van der Waals surface area contributed by atoms with Crippen LogP contribution >= 0.6 is 0 Å². The molecule has 64 valence electrons. The van der Waals surface area contributed by atoms with Crippen LogP contribution < -0.4 is 0 Å². The molecule has 3 nitrogen and oxygen atoms in total. The highest BCUT2D eigenvalue weighted by Gasteiger charge is 1.64. The monoisotopic (exact) mass is 157 g/mol. The Morgan fingerprint density at radius 3 is 2.18 bits per heavy atom. The highest BCUT2D eigenvalue weighted by atomic mass is 16.5. The first-order valence-electron chi connectivity index (χ1n) is 3.55. The standard InChI is InChI=1S/C4H5NO.C4H10O/c1-2-3-5-4-6;1-3-5-4-2/h2H,1,3H2;3-4H2,1-2H3. The second-order valence-electron chi connectivity index (χ2n) is 1.50. The third-order valence-corrected chi connectivity index (χ3v) is 0.693. The molecule has 11 heavy (non-hydrogen) atoms. The Bertz CT molecular complexity index is 115. The van der Waals surface area contributed by atoms with Crippen LogP contribution in [0.5, 0.6) is 0 Å². The van der Waals surface area contributed by atoms with E-state index in [4.69, 9.17) is 4.74 Å². The van der Waals surface area contributed by atoms with Gasteiger partial charge in [0.15, 0.2) is 0 Å². The Morgan fingerprint density at radius 1 is 1.55 bits per heavy atom. The highest BCUT2D eigenvalue weighted by Crippen LogP contribution is 1.64. The molecular formula is C8H15NO2. The van der Waals surface area contributed by atoms with Crippen LogP contribution in [0.25, 0.3) is 0 Å². The van der Waals surface area contributed by atoms with E-state index >= 15 is 0 Å².